The van der Waals surface area contributed by atoms with E-state index in [2.05, 4.69) is 5.32 Å². The topological polar surface area (TPSA) is 60.0 Å². The van der Waals surface area contributed by atoms with E-state index in [-0.39, 0.29) is 18.8 Å². The van der Waals surface area contributed by atoms with E-state index in [1.54, 1.807) is 7.11 Å². The van der Waals surface area contributed by atoms with Gasteiger partial charge < -0.3 is 24.6 Å². The Morgan fingerprint density at radius 2 is 2.10 bits per heavy atom. The zero-order chi connectivity index (χ0) is 14.7. The normalized spacial score (nSPS) is 19.0. The van der Waals surface area contributed by atoms with Gasteiger partial charge in [0.25, 0.3) is 0 Å². The third-order valence-corrected chi connectivity index (χ3v) is 4.55. The molecule has 1 saturated carbocycles. The highest BCUT2D eigenvalue weighted by Gasteiger charge is 2.32. The van der Waals surface area contributed by atoms with Gasteiger partial charge in [0.2, 0.25) is 12.5 Å². The van der Waals surface area contributed by atoms with Crippen LogP contribution in [-0.2, 0) is 6.54 Å². The van der Waals surface area contributed by atoms with Gasteiger partial charge in [-0.1, -0.05) is 12.8 Å². The molecule has 0 amide bonds. The molecular weight excluding hydrogens is 270 g/mol. The first kappa shape index (κ1) is 14.5. The number of ether oxygens (including phenoxy) is 3. The van der Waals surface area contributed by atoms with Crippen molar-refractivity contribution in [2.75, 3.05) is 27.1 Å². The molecule has 0 bridgehead atoms. The Kier molecular flexibility index (Phi) is 4.22. The first-order valence-electron chi connectivity index (χ1n) is 7.54. The van der Waals surface area contributed by atoms with Crippen molar-refractivity contribution >= 4 is 0 Å². The molecule has 1 heterocycles. The van der Waals surface area contributed by atoms with Crippen LogP contribution in [0.15, 0.2) is 12.1 Å². The molecule has 0 saturated heterocycles. The van der Waals surface area contributed by atoms with Gasteiger partial charge >= 0.3 is 0 Å². The number of fused-ring (bicyclic) bond motifs is 1. The van der Waals surface area contributed by atoms with Crippen molar-refractivity contribution in [3.63, 3.8) is 0 Å². The molecule has 116 valence electrons. The van der Waals surface area contributed by atoms with Crippen LogP contribution in [0, 0.1) is 5.41 Å². The smallest absolute Gasteiger partial charge is 0.231 e. The minimum Gasteiger partial charge on any atom is -0.493 e. The molecule has 1 fully saturated rings. The molecule has 1 aliphatic carbocycles. The fourth-order valence-electron chi connectivity index (χ4n) is 3.27. The van der Waals surface area contributed by atoms with E-state index in [9.17, 15) is 5.11 Å². The molecule has 0 atom stereocenters. The van der Waals surface area contributed by atoms with Crippen LogP contribution in [0.2, 0.25) is 0 Å². The van der Waals surface area contributed by atoms with Gasteiger partial charge in [0, 0.05) is 25.1 Å². The quantitative estimate of drug-likeness (QED) is 0.841. The number of benzene rings is 1. The van der Waals surface area contributed by atoms with Gasteiger partial charge in [0.15, 0.2) is 11.5 Å². The van der Waals surface area contributed by atoms with Crippen molar-refractivity contribution in [1.82, 2.24) is 5.32 Å². The molecule has 3 rings (SSSR count). The highest BCUT2D eigenvalue weighted by molar-refractivity contribution is 5.55. The molecular formula is C16H23NO4. The second-order valence-corrected chi connectivity index (χ2v) is 6.00. The summed E-state index contributed by atoms with van der Waals surface area (Å²) in [5.74, 6) is 2.13. The summed E-state index contributed by atoms with van der Waals surface area (Å²) in [7, 11) is 1.63. The van der Waals surface area contributed by atoms with Crippen LogP contribution in [0.4, 0.5) is 0 Å². The number of rotatable bonds is 6. The predicted molar refractivity (Wildman–Crippen MR) is 78.8 cm³/mol. The molecule has 1 aromatic carbocycles. The lowest BCUT2D eigenvalue weighted by Crippen LogP contribution is -2.34. The molecule has 0 radical (unpaired) electrons. The SMILES string of the molecule is COc1cc(CNCC2(CO)CCCC2)cc2c1OCO2. The van der Waals surface area contributed by atoms with Crippen LogP contribution < -0.4 is 19.5 Å². The number of aliphatic hydroxyl groups excluding tert-OH is 1. The van der Waals surface area contributed by atoms with Crippen LogP contribution in [0.3, 0.4) is 0 Å². The number of nitrogens with one attached hydrogen (secondary N) is 1. The maximum atomic E-state index is 9.63. The number of aliphatic hydroxyl groups is 1. The van der Waals surface area contributed by atoms with Crippen LogP contribution >= 0.6 is 0 Å². The van der Waals surface area contributed by atoms with E-state index in [0.717, 1.165) is 37.2 Å². The summed E-state index contributed by atoms with van der Waals surface area (Å²) in [6, 6.07) is 3.96. The molecule has 5 heteroatoms. The lowest BCUT2D eigenvalue weighted by Gasteiger charge is -2.26. The molecule has 0 unspecified atom stereocenters. The molecule has 0 aromatic heterocycles. The summed E-state index contributed by atoms with van der Waals surface area (Å²) < 4.78 is 16.2. The van der Waals surface area contributed by atoms with Gasteiger partial charge in [-0.05, 0) is 30.5 Å². The van der Waals surface area contributed by atoms with Crippen molar-refractivity contribution in [3.8, 4) is 17.2 Å². The first-order valence-corrected chi connectivity index (χ1v) is 7.54. The van der Waals surface area contributed by atoms with Gasteiger partial charge in [-0.15, -0.1) is 0 Å². The van der Waals surface area contributed by atoms with E-state index in [4.69, 9.17) is 14.2 Å². The van der Waals surface area contributed by atoms with Crippen molar-refractivity contribution < 1.29 is 19.3 Å². The van der Waals surface area contributed by atoms with Crippen molar-refractivity contribution in [2.24, 2.45) is 5.41 Å². The van der Waals surface area contributed by atoms with Gasteiger partial charge in [-0.3, -0.25) is 0 Å². The summed E-state index contributed by atoms with van der Waals surface area (Å²) in [6.07, 6.45) is 4.67. The van der Waals surface area contributed by atoms with Crippen molar-refractivity contribution in [3.05, 3.63) is 17.7 Å². The molecule has 1 aliphatic heterocycles. The second-order valence-electron chi connectivity index (χ2n) is 6.00. The largest absolute Gasteiger partial charge is 0.493 e. The van der Waals surface area contributed by atoms with Crippen molar-refractivity contribution in [2.45, 2.75) is 32.2 Å². The van der Waals surface area contributed by atoms with Crippen LogP contribution in [-0.4, -0.2) is 32.2 Å². The summed E-state index contributed by atoms with van der Waals surface area (Å²) in [5.41, 5.74) is 1.17. The van der Waals surface area contributed by atoms with Crippen LogP contribution in [0.1, 0.15) is 31.2 Å². The Morgan fingerprint density at radius 3 is 2.81 bits per heavy atom. The fourth-order valence-corrected chi connectivity index (χ4v) is 3.27. The summed E-state index contributed by atoms with van der Waals surface area (Å²) in [6.45, 7) is 2.09. The maximum absolute atomic E-state index is 9.63. The van der Waals surface area contributed by atoms with Crippen LogP contribution in [0.5, 0.6) is 17.2 Å². The summed E-state index contributed by atoms with van der Waals surface area (Å²) in [5, 5.41) is 13.1. The Balaban J connectivity index is 1.63. The van der Waals surface area contributed by atoms with E-state index < -0.39 is 0 Å². The third kappa shape index (κ3) is 2.94. The van der Waals surface area contributed by atoms with E-state index >= 15 is 0 Å². The monoisotopic (exact) mass is 293 g/mol. The number of hydrogen-bond acceptors (Lipinski definition) is 5. The molecule has 2 aliphatic rings. The minimum atomic E-state index is 0.0699. The average molecular weight is 293 g/mol. The Bertz CT molecular complexity index is 497. The third-order valence-electron chi connectivity index (χ3n) is 4.55. The molecule has 0 spiro atoms. The Morgan fingerprint density at radius 1 is 1.29 bits per heavy atom. The van der Waals surface area contributed by atoms with Crippen LogP contribution in [0.25, 0.3) is 0 Å². The van der Waals surface area contributed by atoms with Crippen molar-refractivity contribution in [1.29, 1.82) is 0 Å². The summed E-state index contributed by atoms with van der Waals surface area (Å²) in [4.78, 5) is 0. The van der Waals surface area contributed by atoms with Gasteiger partial charge in [-0.2, -0.15) is 0 Å². The molecule has 5 nitrogen and oxygen atoms in total. The van der Waals surface area contributed by atoms with Gasteiger partial charge in [-0.25, -0.2) is 0 Å². The average Bonchev–Trinajstić information content (AvgIpc) is 3.15. The molecule has 1 aromatic rings. The zero-order valence-corrected chi connectivity index (χ0v) is 12.5. The minimum absolute atomic E-state index is 0.0699. The number of methoxy groups -OCH3 is 1. The first-order chi connectivity index (χ1) is 10.3. The lowest BCUT2D eigenvalue weighted by atomic mass is 9.87. The van der Waals surface area contributed by atoms with Gasteiger partial charge in [0.05, 0.1) is 7.11 Å². The van der Waals surface area contributed by atoms with E-state index in [1.807, 2.05) is 12.1 Å². The van der Waals surface area contributed by atoms with E-state index in [1.165, 1.54) is 12.8 Å². The standard InChI is InChI=1S/C16H23NO4/c1-19-13-6-12(7-14-15(13)21-11-20-14)8-17-9-16(10-18)4-2-3-5-16/h6-7,17-18H,2-5,8-11H2,1H3. The van der Waals surface area contributed by atoms with E-state index in [0.29, 0.717) is 11.5 Å². The molecule has 21 heavy (non-hydrogen) atoms. The highest BCUT2D eigenvalue weighted by atomic mass is 16.7. The maximum Gasteiger partial charge on any atom is 0.231 e. The molecule has 2 N–H and O–H groups in total. The Hall–Kier alpha value is -1.46. The number of hydrogen-bond donors (Lipinski definition) is 2. The Labute approximate surface area is 125 Å². The summed E-state index contributed by atoms with van der Waals surface area (Å²) >= 11 is 0. The lowest BCUT2D eigenvalue weighted by molar-refractivity contribution is 0.128. The zero-order valence-electron chi connectivity index (χ0n) is 12.5. The fraction of sp³-hybridized carbons (Fsp3) is 0.625. The predicted octanol–water partition coefficient (Wildman–Crippen LogP) is 2.07. The second kappa shape index (κ2) is 6.12. The van der Waals surface area contributed by atoms with Gasteiger partial charge in [0.1, 0.15) is 0 Å². The highest BCUT2D eigenvalue weighted by Crippen LogP contribution is 2.42.